The van der Waals surface area contributed by atoms with Crippen molar-refractivity contribution in [2.75, 3.05) is 16.8 Å². The van der Waals surface area contributed by atoms with Crippen LogP contribution in [0.5, 0.6) is 0 Å². The minimum Gasteiger partial charge on any atom is -0.367 e. The molecule has 0 unspecified atom stereocenters. The average molecular weight is 447 g/mol. The molecule has 0 saturated carbocycles. The Hall–Kier alpha value is -2.50. The number of hydrogen-bond acceptors (Lipinski definition) is 2. The van der Waals surface area contributed by atoms with E-state index in [4.69, 9.17) is 0 Å². The highest BCUT2D eigenvalue weighted by atomic mass is 19.4. The normalized spacial score (nSPS) is 14.7. The predicted molar refractivity (Wildman–Crippen MR) is 124 cm³/mol. The number of aryl methyl sites for hydroxylation is 1. The molecular weight excluding hydrogens is 413 g/mol. The van der Waals surface area contributed by atoms with E-state index in [0.29, 0.717) is 13.0 Å². The van der Waals surface area contributed by atoms with Gasteiger partial charge in [-0.15, -0.1) is 0 Å². The zero-order chi connectivity index (χ0) is 23.7. The summed E-state index contributed by atoms with van der Waals surface area (Å²) in [6.07, 6.45) is -0.902. The summed E-state index contributed by atoms with van der Waals surface area (Å²) >= 11 is 0. The van der Waals surface area contributed by atoms with Crippen LogP contribution < -0.4 is 10.2 Å². The summed E-state index contributed by atoms with van der Waals surface area (Å²) in [6.45, 7) is 11.6. The Labute approximate surface area is 189 Å². The molecule has 2 aromatic carbocycles. The lowest BCUT2D eigenvalue weighted by molar-refractivity contribution is -0.137. The van der Waals surface area contributed by atoms with Crippen molar-refractivity contribution in [1.82, 2.24) is 0 Å². The highest BCUT2D eigenvalue weighted by Crippen LogP contribution is 2.37. The van der Waals surface area contributed by atoms with Gasteiger partial charge in [-0.1, -0.05) is 32.9 Å². The van der Waals surface area contributed by atoms with E-state index < -0.39 is 11.7 Å². The molecule has 0 aliphatic carbocycles. The van der Waals surface area contributed by atoms with Crippen molar-refractivity contribution in [3.05, 3.63) is 58.1 Å². The minimum atomic E-state index is -4.32. The van der Waals surface area contributed by atoms with Gasteiger partial charge in [-0.05, 0) is 79.0 Å². The molecule has 0 radical (unpaired) electrons. The first-order chi connectivity index (χ1) is 14.8. The molecule has 174 valence electrons. The summed E-state index contributed by atoms with van der Waals surface area (Å²) < 4.78 is 38.7. The van der Waals surface area contributed by atoms with Crippen molar-refractivity contribution >= 4 is 17.3 Å². The zero-order valence-corrected chi connectivity index (χ0v) is 19.6. The number of carbonyl (C=O) groups is 1. The van der Waals surface area contributed by atoms with Gasteiger partial charge in [-0.25, -0.2) is 0 Å². The van der Waals surface area contributed by atoms with E-state index in [2.05, 4.69) is 23.2 Å². The van der Waals surface area contributed by atoms with Crippen LogP contribution in [0.25, 0.3) is 0 Å². The molecule has 1 amide bonds. The van der Waals surface area contributed by atoms with Crippen LogP contribution in [0.1, 0.15) is 67.9 Å². The van der Waals surface area contributed by atoms with E-state index in [-0.39, 0.29) is 11.3 Å². The molecule has 2 aromatic rings. The van der Waals surface area contributed by atoms with Gasteiger partial charge in [-0.3, -0.25) is 4.79 Å². The highest BCUT2D eigenvalue weighted by Gasteiger charge is 2.30. The first-order valence-corrected chi connectivity index (χ1v) is 11.2. The maximum absolute atomic E-state index is 12.9. The monoisotopic (exact) mass is 446 g/mol. The Kier molecular flexibility index (Phi) is 6.91. The number of halogens is 3. The quantitative estimate of drug-likeness (QED) is 0.546. The van der Waals surface area contributed by atoms with E-state index in [1.54, 1.807) is 12.1 Å². The fourth-order valence-corrected chi connectivity index (χ4v) is 4.37. The van der Waals surface area contributed by atoms with Crippen molar-refractivity contribution in [1.29, 1.82) is 0 Å². The summed E-state index contributed by atoms with van der Waals surface area (Å²) in [6, 6.07) is 7.55. The Morgan fingerprint density at radius 2 is 1.72 bits per heavy atom. The van der Waals surface area contributed by atoms with E-state index in [1.165, 1.54) is 5.56 Å². The number of hydrogen-bond donors (Lipinski definition) is 1. The molecule has 6 heteroatoms. The van der Waals surface area contributed by atoms with Crippen LogP contribution in [0.3, 0.4) is 0 Å². The lowest BCUT2D eigenvalue weighted by atomic mass is 9.91. The molecule has 0 spiro atoms. The van der Waals surface area contributed by atoms with Crippen molar-refractivity contribution in [2.45, 2.75) is 73.0 Å². The molecule has 3 rings (SSSR count). The van der Waals surface area contributed by atoms with Crippen LogP contribution in [0.4, 0.5) is 24.5 Å². The van der Waals surface area contributed by atoms with Crippen molar-refractivity contribution in [3.8, 4) is 0 Å². The Balaban J connectivity index is 1.88. The van der Waals surface area contributed by atoms with E-state index >= 15 is 0 Å². The number of anilines is 2. The van der Waals surface area contributed by atoms with Crippen LogP contribution in [0, 0.1) is 19.3 Å². The van der Waals surface area contributed by atoms with Crippen molar-refractivity contribution < 1.29 is 18.0 Å². The van der Waals surface area contributed by atoms with Gasteiger partial charge in [0.2, 0.25) is 5.91 Å². The Bertz CT molecular complexity index is 973. The SMILES string of the molecule is Cc1cc2c(c(C)c1NC(=O)CC(C)(C)C)CCCCN2Cc1ccc(C(F)(F)F)cc1. The van der Waals surface area contributed by atoms with Gasteiger partial charge in [0.1, 0.15) is 0 Å². The molecule has 32 heavy (non-hydrogen) atoms. The van der Waals surface area contributed by atoms with Gasteiger partial charge in [0, 0.05) is 30.9 Å². The number of rotatable bonds is 4. The summed E-state index contributed by atoms with van der Waals surface area (Å²) in [5, 5.41) is 3.13. The minimum absolute atomic E-state index is 0.0129. The largest absolute Gasteiger partial charge is 0.416 e. The maximum Gasteiger partial charge on any atom is 0.416 e. The van der Waals surface area contributed by atoms with Gasteiger partial charge in [0.15, 0.2) is 0 Å². The summed E-state index contributed by atoms with van der Waals surface area (Å²) in [5.74, 6) is 0.0129. The predicted octanol–water partition coefficient (Wildman–Crippen LogP) is 7.04. The van der Waals surface area contributed by atoms with Crippen LogP contribution in [-0.4, -0.2) is 12.5 Å². The molecule has 0 fully saturated rings. The number of amides is 1. The molecule has 1 N–H and O–H groups in total. The van der Waals surface area contributed by atoms with Crippen LogP contribution in [0.2, 0.25) is 0 Å². The second kappa shape index (κ2) is 9.16. The molecule has 0 atom stereocenters. The lowest BCUT2D eigenvalue weighted by Crippen LogP contribution is -2.25. The van der Waals surface area contributed by atoms with Crippen molar-refractivity contribution in [3.63, 3.8) is 0 Å². The standard InChI is InChI=1S/C26H33F3N2O/c1-17-14-22-21(18(2)24(17)30-23(32)15-25(3,4)5)8-6-7-13-31(22)16-19-9-11-20(12-10-19)26(27,28)29/h9-12,14H,6-8,13,15-16H2,1-5H3,(H,30,32). The topological polar surface area (TPSA) is 32.3 Å². The van der Waals surface area contributed by atoms with Gasteiger partial charge < -0.3 is 10.2 Å². The highest BCUT2D eigenvalue weighted by molar-refractivity contribution is 5.93. The lowest BCUT2D eigenvalue weighted by Gasteiger charge is -2.28. The van der Waals surface area contributed by atoms with Gasteiger partial charge in [-0.2, -0.15) is 13.2 Å². The van der Waals surface area contributed by atoms with E-state index in [9.17, 15) is 18.0 Å². The molecule has 1 aliphatic heterocycles. The Morgan fingerprint density at radius 3 is 2.31 bits per heavy atom. The number of nitrogens with zero attached hydrogens (tertiary/aromatic N) is 1. The fraction of sp³-hybridized carbons (Fsp3) is 0.500. The summed E-state index contributed by atoms with van der Waals surface area (Å²) in [5.41, 5.74) is 5.44. The number of carbonyl (C=O) groups excluding carboxylic acids is 1. The first kappa shape index (κ1) is 24.1. The zero-order valence-electron chi connectivity index (χ0n) is 19.6. The third kappa shape index (κ3) is 5.84. The van der Waals surface area contributed by atoms with Gasteiger partial charge in [0.05, 0.1) is 5.56 Å². The Morgan fingerprint density at radius 1 is 1.06 bits per heavy atom. The molecule has 0 saturated heterocycles. The van der Waals surface area contributed by atoms with Gasteiger partial charge >= 0.3 is 6.18 Å². The third-order valence-corrected chi connectivity index (χ3v) is 5.94. The molecule has 1 aliphatic rings. The van der Waals surface area contributed by atoms with Gasteiger partial charge in [0.25, 0.3) is 0 Å². The second-order valence-electron chi connectivity index (χ2n) is 10.1. The first-order valence-electron chi connectivity index (χ1n) is 11.2. The summed E-state index contributed by atoms with van der Waals surface area (Å²) in [7, 11) is 0. The second-order valence-corrected chi connectivity index (χ2v) is 10.1. The third-order valence-electron chi connectivity index (χ3n) is 5.94. The molecule has 1 heterocycles. The number of fused-ring (bicyclic) bond motifs is 1. The van der Waals surface area contributed by atoms with Crippen LogP contribution in [0.15, 0.2) is 30.3 Å². The molecule has 0 bridgehead atoms. The molecule has 3 nitrogen and oxygen atoms in total. The maximum atomic E-state index is 12.9. The average Bonchev–Trinajstić information content (AvgIpc) is 2.86. The molecule has 0 aromatic heterocycles. The van der Waals surface area contributed by atoms with E-state index in [1.807, 2.05) is 27.7 Å². The van der Waals surface area contributed by atoms with Crippen LogP contribution in [-0.2, 0) is 23.9 Å². The van der Waals surface area contributed by atoms with E-state index in [0.717, 1.165) is 66.0 Å². The molecular formula is C26H33F3N2O. The van der Waals surface area contributed by atoms with Crippen LogP contribution >= 0.6 is 0 Å². The summed E-state index contributed by atoms with van der Waals surface area (Å²) in [4.78, 5) is 14.8. The smallest absolute Gasteiger partial charge is 0.367 e. The number of nitrogens with one attached hydrogen (secondary N) is 1. The number of alkyl halides is 3. The van der Waals surface area contributed by atoms with Crippen molar-refractivity contribution in [2.24, 2.45) is 5.41 Å². The number of benzene rings is 2. The fourth-order valence-electron chi connectivity index (χ4n) is 4.37.